The fourth-order valence-corrected chi connectivity index (χ4v) is 2.04. The molecule has 0 radical (unpaired) electrons. The number of rotatable bonds is 6. The average Bonchev–Trinajstić information content (AvgIpc) is 3.15. The lowest BCUT2D eigenvalue weighted by Gasteiger charge is -2.08. The van der Waals surface area contributed by atoms with E-state index in [1.54, 1.807) is 55.6 Å². The highest BCUT2D eigenvalue weighted by Gasteiger charge is 2.06. The van der Waals surface area contributed by atoms with E-state index in [-0.39, 0.29) is 12.5 Å². The van der Waals surface area contributed by atoms with E-state index in [1.807, 2.05) is 0 Å². The molecule has 1 heterocycles. The van der Waals surface area contributed by atoms with Crippen LogP contribution in [0.25, 0.3) is 11.5 Å². The molecule has 1 N–H and O–H groups in total. The molecule has 0 atom stereocenters. The summed E-state index contributed by atoms with van der Waals surface area (Å²) in [5.74, 6) is 1.41. The maximum atomic E-state index is 11.9. The van der Waals surface area contributed by atoms with E-state index in [0.717, 1.165) is 5.56 Å². The minimum absolute atomic E-state index is 0.100. The Kier molecular flexibility index (Phi) is 4.71. The van der Waals surface area contributed by atoms with Crippen LogP contribution in [0.3, 0.4) is 0 Å². The Labute approximate surface area is 138 Å². The molecule has 0 unspecified atom stereocenters. The highest BCUT2D eigenvalue weighted by atomic mass is 16.5. The summed E-state index contributed by atoms with van der Waals surface area (Å²) in [5, 5.41) is 10.2. The fraction of sp³-hybridized carbons (Fsp3) is 0.118. The van der Waals surface area contributed by atoms with Crippen molar-refractivity contribution >= 4 is 11.6 Å². The third-order valence-corrected chi connectivity index (χ3v) is 3.18. The van der Waals surface area contributed by atoms with Crippen LogP contribution in [0, 0.1) is 0 Å². The maximum Gasteiger partial charge on any atom is 0.262 e. The molecule has 7 heteroatoms. The van der Waals surface area contributed by atoms with Gasteiger partial charge >= 0.3 is 0 Å². The third kappa shape index (κ3) is 3.89. The second-order valence-corrected chi connectivity index (χ2v) is 4.84. The Morgan fingerprint density at radius 1 is 1.17 bits per heavy atom. The van der Waals surface area contributed by atoms with Crippen molar-refractivity contribution in [2.75, 3.05) is 19.0 Å². The molecule has 0 aliphatic rings. The smallest absolute Gasteiger partial charge is 0.262 e. The molecule has 0 aliphatic heterocycles. The van der Waals surface area contributed by atoms with Gasteiger partial charge in [-0.05, 0) is 36.4 Å². The minimum atomic E-state index is -0.260. The molecule has 0 saturated heterocycles. The van der Waals surface area contributed by atoms with Gasteiger partial charge in [0.25, 0.3) is 5.91 Å². The van der Waals surface area contributed by atoms with Crippen molar-refractivity contribution in [3.63, 3.8) is 0 Å². The lowest BCUT2D eigenvalue weighted by molar-refractivity contribution is -0.118. The molecule has 2 aromatic carbocycles. The van der Waals surface area contributed by atoms with E-state index in [0.29, 0.717) is 23.1 Å². The summed E-state index contributed by atoms with van der Waals surface area (Å²) in [6.45, 7) is -0.100. The summed E-state index contributed by atoms with van der Waals surface area (Å²) in [6, 6.07) is 14.1. The lowest BCUT2D eigenvalue weighted by atomic mass is 10.2. The van der Waals surface area contributed by atoms with Gasteiger partial charge in [-0.15, -0.1) is 10.2 Å². The van der Waals surface area contributed by atoms with Crippen molar-refractivity contribution in [1.82, 2.24) is 10.2 Å². The predicted molar refractivity (Wildman–Crippen MR) is 86.9 cm³/mol. The van der Waals surface area contributed by atoms with E-state index in [4.69, 9.17) is 13.9 Å². The molecule has 7 nitrogen and oxygen atoms in total. The van der Waals surface area contributed by atoms with Crippen LogP contribution in [-0.4, -0.2) is 29.8 Å². The second-order valence-electron chi connectivity index (χ2n) is 4.84. The van der Waals surface area contributed by atoms with Gasteiger partial charge in [-0.25, -0.2) is 0 Å². The highest BCUT2D eigenvalue weighted by Crippen LogP contribution is 2.20. The van der Waals surface area contributed by atoms with Crippen LogP contribution in [0.1, 0.15) is 0 Å². The Morgan fingerprint density at radius 2 is 2.00 bits per heavy atom. The number of nitrogens with zero attached hydrogens (tertiary/aromatic N) is 2. The van der Waals surface area contributed by atoms with Crippen molar-refractivity contribution < 1.29 is 18.7 Å². The van der Waals surface area contributed by atoms with Crippen LogP contribution in [0.5, 0.6) is 11.5 Å². The molecule has 122 valence electrons. The first-order valence-electron chi connectivity index (χ1n) is 7.18. The molecule has 1 aromatic heterocycles. The number of methoxy groups -OCH3 is 1. The number of aromatic nitrogens is 2. The van der Waals surface area contributed by atoms with E-state index in [2.05, 4.69) is 15.5 Å². The Balaban J connectivity index is 1.54. The molecule has 0 bridgehead atoms. The second kappa shape index (κ2) is 7.28. The van der Waals surface area contributed by atoms with E-state index < -0.39 is 0 Å². The molecule has 3 aromatic rings. The average molecular weight is 325 g/mol. The summed E-state index contributed by atoms with van der Waals surface area (Å²) in [4.78, 5) is 11.9. The van der Waals surface area contributed by atoms with Crippen LogP contribution in [0.2, 0.25) is 0 Å². The fourth-order valence-electron chi connectivity index (χ4n) is 2.04. The van der Waals surface area contributed by atoms with Crippen LogP contribution in [0.4, 0.5) is 5.69 Å². The summed E-state index contributed by atoms with van der Waals surface area (Å²) < 4.78 is 15.7. The zero-order valence-electron chi connectivity index (χ0n) is 12.9. The number of hydrogen-bond donors (Lipinski definition) is 1. The van der Waals surface area contributed by atoms with Gasteiger partial charge in [0, 0.05) is 17.3 Å². The van der Waals surface area contributed by atoms with Crippen LogP contribution in [0.15, 0.2) is 59.3 Å². The summed E-state index contributed by atoms with van der Waals surface area (Å²) in [7, 11) is 1.57. The molecule has 0 saturated carbocycles. The topological polar surface area (TPSA) is 86.5 Å². The van der Waals surface area contributed by atoms with Crippen molar-refractivity contribution in [2.24, 2.45) is 0 Å². The minimum Gasteiger partial charge on any atom is -0.497 e. The molecule has 0 spiro atoms. The summed E-state index contributed by atoms with van der Waals surface area (Å²) >= 11 is 0. The number of nitrogens with one attached hydrogen (secondary N) is 1. The maximum absolute atomic E-state index is 11.9. The molecular formula is C17H15N3O4. The normalized spacial score (nSPS) is 10.2. The number of amides is 1. The van der Waals surface area contributed by atoms with Gasteiger partial charge in [0.05, 0.1) is 7.11 Å². The quantitative estimate of drug-likeness (QED) is 0.750. The number of ether oxygens (including phenoxy) is 2. The number of hydrogen-bond acceptors (Lipinski definition) is 6. The summed E-state index contributed by atoms with van der Waals surface area (Å²) in [6.07, 6.45) is 1.27. The summed E-state index contributed by atoms with van der Waals surface area (Å²) in [5.41, 5.74) is 1.43. The zero-order chi connectivity index (χ0) is 16.8. The molecule has 3 rings (SSSR count). The van der Waals surface area contributed by atoms with Gasteiger partial charge in [-0.1, -0.05) is 6.07 Å². The molecule has 0 fully saturated rings. The number of benzene rings is 2. The van der Waals surface area contributed by atoms with Crippen molar-refractivity contribution in [3.8, 4) is 23.0 Å². The van der Waals surface area contributed by atoms with Crippen molar-refractivity contribution in [2.45, 2.75) is 0 Å². The van der Waals surface area contributed by atoms with Crippen LogP contribution >= 0.6 is 0 Å². The molecule has 1 amide bonds. The molecular weight excluding hydrogens is 310 g/mol. The van der Waals surface area contributed by atoms with Crippen molar-refractivity contribution in [3.05, 3.63) is 54.9 Å². The largest absolute Gasteiger partial charge is 0.497 e. The van der Waals surface area contributed by atoms with E-state index in [9.17, 15) is 4.79 Å². The first-order valence-corrected chi connectivity index (χ1v) is 7.18. The van der Waals surface area contributed by atoms with Crippen LogP contribution < -0.4 is 14.8 Å². The zero-order valence-corrected chi connectivity index (χ0v) is 12.9. The first-order chi connectivity index (χ1) is 11.7. The van der Waals surface area contributed by atoms with Gasteiger partial charge in [0.2, 0.25) is 12.3 Å². The Bertz CT molecular complexity index is 801. The van der Waals surface area contributed by atoms with Crippen LogP contribution in [-0.2, 0) is 4.79 Å². The van der Waals surface area contributed by atoms with Gasteiger partial charge in [0.15, 0.2) is 6.61 Å². The number of anilines is 1. The number of carbonyl (C=O) groups is 1. The van der Waals surface area contributed by atoms with E-state index in [1.165, 1.54) is 6.39 Å². The SMILES string of the molecule is COc1cccc(NC(=O)COc2ccc(-c3nnco3)cc2)c1. The first kappa shape index (κ1) is 15.5. The molecule has 24 heavy (non-hydrogen) atoms. The van der Waals surface area contributed by atoms with Gasteiger partial charge in [0.1, 0.15) is 11.5 Å². The van der Waals surface area contributed by atoms with E-state index >= 15 is 0 Å². The van der Waals surface area contributed by atoms with Gasteiger partial charge in [-0.2, -0.15) is 0 Å². The lowest BCUT2D eigenvalue weighted by Crippen LogP contribution is -2.20. The van der Waals surface area contributed by atoms with Gasteiger partial charge < -0.3 is 19.2 Å². The molecule has 0 aliphatic carbocycles. The van der Waals surface area contributed by atoms with Gasteiger partial charge in [-0.3, -0.25) is 4.79 Å². The standard InChI is InChI=1S/C17H15N3O4/c1-22-15-4-2-3-13(9-15)19-16(21)10-23-14-7-5-12(6-8-14)17-20-18-11-24-17/h2-9,11H,10H2,1H3,(H,19,21). The Hall–Kier alpha value is -3.35. The third-order valence-electron chi connectivity index (χ3n) is 3.18. The predicted octanol–water partition coefficient (Wildman–Crippen LogP) is 2.76. The number of carbonyl (C=O) groups excluding carboxylic acids is 1. The Morgan fingerprint density at radius 3 is 2.71 bits per heavy atom. The monoisotopic (exact) mass is 325 g/mol. The van der Waals surface area contributed by atoms with Crippen molar-refractivity contribution in [1.29, 1.82) is 0 Å². The highest BCUT2D eigenvalue weighted by molar-refractivity contribution is 5.92.